The fourth-order valence-corrected chi connectivity index (χ4v) is 3.65. The second-order valence-electron chi connectivity index (χ2n) is 6.64. The molecule has 0 saturated carbocycles. The highest BCUT2D eigenvalue weighted by Gasteiger charge is 2.33. The van der Waals surface area contributed by atoms with Gasteiger partial charge in [-0.1, -0.05) is 17.7 Å². The Bertz CT molecular complexity index is 833. The molecule has 26 heavy (non-hydrogen) atoms. The summed E-state index contributed by atoms with van der Waals surface area (Å²) in [5.41, 5.74) is 1.59. The zero-order valence-corrected chi connectivity index (χ0v) is 15.3. The van der Waals surface area contributed by atoms with Crippen LogP contribution in [0.5, 0.6) is 0 Å². The molecule has 3 rings (SSSR count). The van der Waals surface area contributed by atoms with Gasteiger partial charge in [0.05, 0.1) is 9.95 Å². The van der Waals surface area contributed by atoms with Crippen molar-refractivity contribution in [2.75, 3.05) is 25.5 Å². The first-order chi connectivity index (χ1) is 12.4. The largest absolute Gasteiger partial charge is 0.369 e. The first-order valence-corrected chi connectivity index (χ1v) is 8.74. The minimum absolute atomic E-state index is 0.0248. The zero-order valence-electron chi connectivity index (χ0n) is 14.6. The SMILES string of the molecule is Cc1cc([N+](=O)[O-])cnc1NCC1CCN(C)C1c1ccc(Cl)c(F)c1. The van der Waals surface area contributed by atoms with Gasteiger partial charge in [-0.25, -0.2) is 9.37 Å². The number of pyridine rings is 1. The van der Waals surface area contributed by atoms with Crippen LogP contribution in [0, 0.1) is 28.8 Å². The monoisotopic (exact) mass is 378 g/mol. The van der Waals surface area contributed by atoms with Gasteiger partial charge in [-0.2, -0.15) is 0 Å². The summed E-state index contributed by atoms with van der Waals surface area (Å²) in [5.74, 6) is 0.479. The van der Waals surface area contributed by atoms with Gasteiger partial charge in [0, 0.05) is 18.7 Å². The summed E-state index contributed by atoms with van der Waals surface area (Å²) in [6.07, 6.45) is 2.21. The minimum atomic E-state index is -0.458. The van der Waals surface area contributed by atoms with Crippen molar-refractivity contribution in [3.05, 3.63) is 62.5 Å². The van der Waals surface area contributed by atoms with Crippen LogP contribution in [0.15, 0.2) is 30.5 Å². The molecule has 1 aliphatic rings. The van der Waals surface area contributed by atoms with Gasteiger partial charge in [-0.15, -0.1) is 0 Å². The molecular weight excluding hydrogens is 359 g/mol. The van der Waals surface area contributed by atoms with Gasteiger partial charge >= 0.3 is 0 Å². The maximum Gasteiger partial charge on any atom is 0.287 e. The smallest absolute Gasteiger partial charge is 0.287 e. The van der Waals surface area contributed by atoms with E-state index >= 15 is 0 Å². The van der Waals surface area contributed by atoms with Crippen molar-refractivity contribution >= 4 is 23.1 Å². The number of nitrogens with zero attached hydrogens (tertiary/aromatic N) is 3. The number of nitrogens with one attached hydrogen (secondary N) is 1. The van der Waals surface area contributed by atoms with Crippen LogP contribution in [0.2, 0.25) is 5.02 Å². The lowest BCUT2D eigenvalue weighted by Gasteiger charge is -2.26. The van der Waals surface area contributed by atoms with Crippen LogP contribution in [0.4, 0.5) is 15.9 Å². The lowest BCUT2D eigenvalue weighted by molar-refractivity contribution is -0.385. The molecule has 2 heterocycles. The molecular formula is C18H20ClFN4O2. The van der Waals surface area contributed by atoms with Crippen molar-refractivity contribution < 1.29 is 9.31 Å². The molecule has 6 nitrogen and oxygen atoms in total. The average Bonchev–Trinajstić information content (AvgIpc) is 2.97. The van der Waals surface area contributed by atoms with E-state index in [-0.39, 0.29) is 22.7 Å². The van der Waals surface area contributed by atoms with E-state index in [1.54, 1.807) is 13.0 Å². The summed E-state index contributed by atoms with van der Waals surface area (Å²) in [6, 6.07) is 6.53. The highest BCUT2D eigenvalue weighted by Crippen LogP contribution is 2.37. The van der Waals surface area contributed by atoms with Crippen molar-refractivity contribution in [1.29, 1.82) is 0 Å². The molecule has 138 valence electrons. The molecule has 0 amide bonds. The molecule has 0 bridgehead atoms. The third kappa shape index (κ3) is 3.78. The van der Waals surface area contributed by atoms with Crippen LogP contribution in [0.1, 0.15) is 23.6 Å². The molecule has 2 aromatic rings. The molecule has 1 fully saturated rings. The number of anilines is 1. The Labute approximate surface area is 156 Å². The standard InChI is InChI=1S/C18H20ClFN4O2/c1-11-7-14(24(25)26)10-22-18(11)21-9-13-5-6-23(2)17(13)12-3-4-15(19)16(20)8-12/h3-4,7-8,10,13,17H,5-6,9H2,1-2H3,(H,21,22). The summed E-state index contributed by atoms with van der Waals surface area (Å²) >= 11 is 5.80. The van der Waals surface area contributed by atoms with E-state index in [2.05, 4.69) is 15.2 Å². The topological polar surface area (TPSA) is 71.3 Å². The van der Waals surface area contributed by atoms with Crippen LogP contribution in [0.25, 0.3) is 0 Å². The molecule has 1 aromatic heterocycles. The quantitative estimate of drug-likeness (QED) is 0.623. The predicted octanol–water partition coefficient (Wildman–Crippen LogP) is 4.20. The minimum Gasteiger partial charge on any atom is -0.369 e. The Morgan fingerprint density at radius 1 is 1.46 bits per heavy atom. The summed E-state index contributed by atoms with van der Waals surface area (Å²) in [5, 5.41) is 14.2. The van der Waals surface area contributed by atoms with Crippen molar-refractivity contribution in [3.8, 4) is 0 Å². The number of rotatable bonds is 5. The molecule has 0 radical (unpaired) electrons. The Balaban J connectivity index is 1.74. The predicted molar refractivity (Wildman–Crippen MR) is 99.0 cm³/mol. The highest BCUT2D eigenvalue weighted by molar-refractivity contribution is 6.30. The van der Waals surface area contributed by atoms with Crippen LogP contribution >= 0.6 is 11.6 Å². The Hall–Kier alpha value is -2.25. The number of hydrogen-bond donors (Lipinski definition) is 1. The third-order valence-corrected chi connectivity index (χ3v) is 5.17. The molecule has 1 aliphatic heterocycles. The van der Waals surface area contributed by atoms with Gasteiger partial charge in [-0.05, 0) is 56.1 Å². The van der Waals surface area contributed by atoms with E-state index in [9.17, 15) is 14.5 Å². The summed E-state index contributed by atoms with van der Waals surface area (Å²) in [7, 11) is 2.02. The first-order valence-electron chi connectivity index (χ1n) is 8.37. The fraction of sp³-hybridized carbons (Fsp3) is 0.389. The van der Waals surface area contributed by atoms with Crippen LogP contribution < -0.4 is 5.32 Å². The summed E-state index contributed by atoms with van der Waals surface area (Å²) in [4.78, 5) is 16.7. The van der Waals surface area contributed by atoms with Crippen molar-refractivity contribution in [2.24, 2.45) is 5.92 Å². The molecule has 1 aromatic carbocycles. The van der Waals surface area contributed by atoms with E-state index in [1.807, 2.05) is 13.1 Å². The summed E-state index contributed by atoms with van der Waals surface area (Å²) < 4.78 is 13.9. The lowest BCUT2D eigenvalue weighted by Crippen LogP contribution is -2.25. The van der Waals surface area contributed by atoms with E-state index < -0.39 is 10.7 Å². The lowest BCUT2D eigenvalue weighted by atomic mass is 9.93. The van der Waals surface area contributed by atoms with Gasteiger partial charge in [0.25, 0.3) is 5.69 Å². The molecule has 1 N–H and O–H groups in total. The third-order valence-electron chi connectivity index (χ3n) is 4.87. The number of likely N-dealkylation sites (tertiary alicyclic amines) is 1. The number of benzene rings is 1. The summed E-state index contributed by atoms with van der Waals surface area (Å²) in [6.45, 7) is 3.34. The van der Waals surface area contributed by atoms with Crippen LogP contribution in [0.3, 0.4) is 0 Å². The van der Waals surface area contributed by atoms with Crippen LogP contribution in [-0.4, -0.2) is 34.9 Å². The van der Waals surface area contributed by atoms with Gasteiger partial charge < -0.3 is 5.32 Å². The van der Waals surface area contributed by atoms with Crippen LogP contribution in [-0.2, 0) is 0 Å². The van der Waals surface area contributed by atoms with Gasteiger partial charge in [0.2, 0.25) is 0 Å². The second-order valence-corrected chi connectivity index (χ2v) is 7.05. The second kappa shape index (κ2) is 7.55. The molecule has 8 heteroatoms. The van der Waals surface area contributed by atoms with E-state index in [0.29, 0.717) is 12.4 Å². The maximum atomic E-state index is 13.9. The number of hydrogen-bond acceptors (Lipinski definition) is 5. The maximum absolute atomic E-state index is 13.9. The van der Waals surface area contributed by atoms with Crippen molar-refractivity contribution in [2.45, 2.75) is 19.4 Å². The van der Waals surface area contributed by atoms with Crippen molar-refractivity contribution in [1.82, 2.24) is 9.88 Å². The molecule has 0 spiro atoms. The first kappa shape index (κ1) is 18.5. The Kier molecular flexibility index (Phi) is 5.38. The van der Waals surface area contributed by atoms with Gasteiger partial charge in [-0.3, -0.25) is 15.0 Å². The molecule has 0 aliphatic carbocycles. The fourth-order valence-electron chi connectivity index (χ4n) is 3.54. The normalized spacial score (nSPS) is 20.3. The number of aromatic nitrogens is 1. The zero-order chi connectivity index (χ0) is 18.8. The van der Waals surface area contributed by atoms with Crippen molar-refractivity contribution in [3.63, 3.8) is 0 Å². The van der Waals surface area contributed by atoms with Gasteiger partial charge in [0.1, 0.15) is 17.8 Å². The van der Waals surface area contributed by atoms with E-state index in [4.69, 9.17) is 11.6 Å². The van der Waals surface area contributed by atoms with Gasteiger partial charge in [0.15, 0.2) is 0 Å². The Morgan fingerprint density at radius 3 is 2.88 bits per heavy atom. The number of halogens is 2. The average molecular weight is 379 g/mol. The number of aryl methyl sites for hydroxylation is 1. The number of nitro groups is 1. The van der Waals surface area contributed by atoms with E-state index in [0.717, 1.165) is 24.1 Å². The van der Waals surface area contributed by atoms with E-state index in [1.165, 1.54) is 18.3 Å². The Morgan fingerprint density at radius 2 is 2.23 bits per heavy atom. The molecule has 2 unspecified atom stereocenters. The molecule has 1 saturated heterocycles. The molecule has 2 atom stereocenters. The highest BCUT2D eigenvalue weighted by atomic mass is 35.5.